The Morgan fingerprint density at radius 1 is 1.04 bits per heavy atom. The molecule has 2 N–H and O–H groups in total. The third-order valence-corrected chi connectivity index (χ3v) is 4.62. The molecule has 0 amide bonds. The Hall–Kier alpha value is -2.86. The van der Waals surface area contributed by atoms with Gasteiger partial charge in [0, 0.05) is 12.7 Å². The van der Waals surface area contributed by atoms with Gasteiger partial charge in [-0.05, 0) is 55.4 Å². The Labute approximate surface area is 158 Å². The smallest absolute Gasteiger partial charge is 0.295 e. The summed E-state index contributed by atoms with van der Waals surface area (Å²) in [5, 5.41) is 6.57. The number of nitrogens with zero attached hydrogens (tertiary/aromatic N) is 2. The third-order valence-electron chi connectivity index (χ3n) is 4.41. The fraction of sp³-hybridized carbons (Fsp3) is 0.200. The quantitative estimate of drug-likeness (QED) is 0.689. The Morgan fingerprint density at radius 2 is 1.69 bits per heavy atom. The van der Waals surface area contributed by atoms with Crippen LogP contribution in [0.5, 0.6) is 0 Å². The van der Waals surface area contributed by atoms with Crippen molar-refractivity contribution in [1.29, 1.82) is 0 Å². The Bertz CT molecular complexity index is 972. The van der Waals surface area contributed by atoms with Gasteiger partial charge in [0.2, 0.25) is 0 Å². The van der Waals surface area contributed by atoms with Crippen molar-refractivity contribution in [2.24, 2.45) is 7.05 Å². The summed E-state index contributed by atoms with van der Waals surface area (Å²) in [6.45, 7) is 4.01. The van der Waals surface area contributed by atoms with Crippen molar-refractivity contribution < 1.29 is 0 Å². The highest BCUT2D eigenvalue weighted by Crippen LogP contribution is 2.15. The number of anilines is 2. The van der Waals surface area contributed by atoms with Gasteiger partial charge in [-0.2, -0.15) is 0 Å². The maximum absolute atomic E-state index is 12.9. The molecule has 0 aliphatic rings. The molecule has 0 unspecified atom stereocenters. The second-order valence-electron chi connectivity index (χ2n) is 6.07. The first kappa shape index (κ1) is 17.9. The van der Waals surface area contributed by atoms with Crippen molar-refractivity contribution in [3.63, 3.8) is 0 Å². The topological polar surface area (TPSA) is 51.0 Å². The first-order valence-electron chi connectivity index (χ1n) is 8.52. The van der Waals surface area contributed by atoms with Crippen LogP contribution in [0.1, 0.15) is 18.2 Å². The number of thiocarbonyl (C=S) groups is 1. The second kappa shape index (κ2) is 7.58. The summed E-state index contributed by atoms with van der Waals surface area (Å²) < 4.78 is 3.44. The molecule has 3 rings (SSSR count). The number of aryl methyl sites for hydroxylation is 1. The van der Waals surface area contributed by atoms with Crippen LogP contribution in [0.15, 0.2) is 59.4 Å². The van der Waals surface area contributed by atoms with Gasteiger partial charge in [0.15, 0.2) is 5.11 Å². The number of hydrogen-bond donors (Lipinski definition) is 2. The van der Waals surface area contributed by atoms with E-state index in [-0.39, 0.29) is 5.56 Å². The molecule has 0 radical (unpaired) electrons. The van der Waals surface area contributed by atoms with E-state index in [1.165, 1.54) is 5.56 Å². The Balaban J connectivity index is 1.83. The minimum Gasteiger partial charge on any atom is -0.332 e. The molecular weight excluding hydrogens is 344 g/mol. The SMILES string of the molecule is CCc1ccc(NC(=S)Nc2c(C)n(C)n(-c3ccccc3)c2=O)cc1. The molecule has 6 heteroatoms. The Kier molecular flexibility index (Phi) is 5.23. The largest absolute Gasteiger partial charge is 0.332 e. The number of nitrogens with one attached hydrogen (secondary N) is 2. The van der Waals surface area contributed by atoms with E-state index in [4.69, 9.17) is 12.2 Å². The fourth-order valence-corrected chi connectivity index (χ4v) is 3.03. The van der Waals surface area contributed by atoms with Gasteiger partial charge in [-0.25, -0.2) is 4.68 Å². The van der Waals surface area contributed by atoms with Crippen molar-refractivity contribution in [2.45, 2.75) is 20.3 Å². The summed E-state index contributed by atoms with van der Waals surface area (Å²) in [6, 6.07) is 17.6. The van der Waals surface area contributed by atoms with E-state index in [1.54, 1.807) is 4.68 Å². The molecule has 0 atom stereocenters. The van der Waals surface area contributed by atoms with Crippen LogP contribution >= 0.6 is 12.2 Å². The van der Waals surface area contributed by atoms with E-state index in [0.717, 1.165) is 23.5 Å². The highest BCUT2D eigenvalue weighted by atomic mass is 32.1. The maximum atomic E-state index is 12.9. The summed E-state index contributed by atoms with van der Waals surface area (Å²) in [6.07, 6.45) is 0.991. The highest BCUT2D eigenvalue weighted by molar-refractivity contribution is 7.80. The van der Waals surface area contributed by atoms with E-state index in [0.29, 0.717) is 10.8 Å². The van der Waals surface area contributed by atoms with Crippen LogP contribution in [0.25, 0.3) is 5.69 Å². The van der Waals surface area contributed by atoms with Gasteiger partial charge in [-0.1, -0.05) is 37.3 Å². The molecule has 0 aliphatic heterocycles. The first-order valence-corrected chi connectivity index (χ1v) is 8.93. The molecule has 3 aromatic rings. The molecule has 5 nitrogen and oxygen atoms in total. The molecule has 0 saturated carbocycles. The van der Waals surface area contributed by atoms with Crippen molar-refractivity contribution >= 4 is 28.7 Å². The van der Waals surface area contributed by atoms with Crippen LogP contribution in [-0.4, -0.2) is 14.5 Å². The summed E-state index contributed by atoms with van der Waals surface area (Å²) in [4.78, 5) is 12.9. The number of aromatic nitrogens is 2. The van der Waals surface area contributed by atoms with Crippen LogP contribution in [0.3, 0.4) is 0 Å². The molecule has 26 heavy (non-hydrogen) atoms. The van der Waals surface area contributed by atoms with Gasteiger partial charge >= 0.3 is 0 Å². The molecule has 2 aromatic carbocycles. The van der Waals surface area contributed by atoms with Crippen LogP contribution in [0.2, 0.25) is 0 Å². The lowest BCUT2D eigenvalue weighted by molar-refractivity contribution is 0.630. The predicted molar refractivity (Wildman–Crippen MR) is 111 cm³/mol. The van der Waals surface area contributed by atoms with Crippen LogP contribution in [-0.2, 0) is 13.5 Å². The van der Waals surface area contributed by atoms with Gasteiger partial charge in [-0.15, -0.1) is 0 Å². The minimum atomic E-state index is -0.137. The zero-order chi connectivity index (χ0) is 18.7. The molecule has 134 valence electrons. The van der Waals surface area contributed by atoms with E-state index >= 15 is 0 Å². The maximum Gasteiger partial charge on any atom is 0.295 e. The average molecular weight is 366 g/mol. The summed E-state index contributed by atoms with van der Waals surface area (Å²) in [7, 11) is 1.86. The molecule has 0 bridgehead atoms. The number of rotatable bonds is 4. The van der Waals surface area contributed by atoms with Gasteiger partial charge in [-0.3, -0.25) is 9.48 Å². The molecule has 0 spiro atoms. The monoisotopic (exact) mass is 366 g/mol. The molecule has 0 saturated heterocycles. The molecule has 1 aromatic heterocycles. The minimum absolute atomic E-state index is 0.137. The molecule has 0 aliphatic carbocycles. The van der Waals surface area contributed by atoms with E-state index in [2.05, 4.69) is 29.7 Å². The molecule has 1 heterocycles. The lowest BCUT2D eigenvalue weighted by atomic mass is 10.1. The number of hydrogen-bond acceptors (Lipinski definition) is 2. The van der Waals surface area contributed by atoms with Crippen molar-refractivity contribution in [3.05, 3.63) is 76.2 Å². The fourth-order valence-electron chi connectivity index (χ4n) is 2.81. The predicted octanol–water partition coefficient (Wildman–Crippen LogP) is 3.86. The standard InChI is InChI=1S/C20H22N4OS/c1-4-15-10-12-16(13-11-15)21-20(26)22-18-14(2)23(3)24(19(18)25)17-8-6-5-7-9-17/h5-13H,4H2,1-3H3,(H2,21,22,26). The Morgan fingerprint density at radius 3 is 2.31 bits per heavy atom. The number of para-hydroxylation sites is 1. The zero-order valence-electron chi connectivity index (χ0n) is 15.1. The molecule has 0 fully saturated rings. The van der Waals surface area contributed by atoms with Crippen molar-refractivity contribution in [1.82, 2.24) is 9.36 Å². The van der Waals surface area contributed by atoms with Gasteiger partial charge in [0.1, 0.15) is 5.69 Å². The van der Waals surface area contributed by atoms with E-state index < -0.39 is 0 Å². The normalized spacial score (nSPS) is 10.6. The zero-order valence-corrected chi connectivity index (χ0v) is 15.9. The van der Waals surface area contributed by atoms with Gasteiger partial charge in [0.25, 0.3) is 5.56 Å². The van der Waals surface area contributed by atoms with Gasteiger partial charge in [0.05, 0.1) is 11.4 Å². The van der Waals surface area contributed by atoms with Crippen LogP contribution in [0.4, 0.5) is 11.4 Å². The lowest BCUT2D eigenvalue weighted by Crippen LogP contribution is -2.25. The average Bonchev–Trinajstić information content (AvgIpc) is 2.86. The lowest BCUT2D eigenvalue weighted by Gasteiger charge is -2.10. The number of benzene rings is 2. The van der Waals surface area contributed by atoms with Crippen molar-refractivity contribution in [3.8, 4) is 5.69 Å². The van der Waals surface area contributed by atoms with E-state index in [1.807, 2.05) is 61.1 Å². The first-order chi connectivity index (χ1) is 12.5. The third kappa shape index (κ3) is 3.55. The molecular formula is C20H22N4OS. The summed E-state index contributed by atoms with van der Waals surface area (Å²) >= 11 is 5.39. The summed E-state index contributed by atoms with van der Waals surface area (Å²) in [5.41, 5.74) is 4.10. The highest BCUT2D eigenvalue weighted by Gasteiger charge is 2.16. The summed E-state index contributed by atoms with van der Waals surface area (Å²) in [5.74, 6) is 0. The van der Waals surface area contributed by atoms with Crippen LogP contribution in [0, 0.1) is 6.92 Å². The second-order valence-corrected chi connectivity index (χ2v) is 6.47. The van der Waals surface area contributed by atoms with Crippen molar-refractivity contribution in [2.75, 3.05) is 10.6 Å². The van der Waals surface area contributed by atoms with E-state index in [9.17, 15) is 4.79 Å². The van der Waals surface area contributed by atoms with Gasteiger partial charge < -0.3 is 10.6 Å². The van der Waals surface area contributed by atoms with Crippen LogP contribution < -0.4 is 16.2 Å².